The van der Waals surface area contributed by atoms with Gasteiger partial charge in [0.1, 0.15) is 49.0 Å². The van der Waals surface area contributed by atoms with Crippen LogP contribution in [-0.2, 0) is 25.6 Å². The summed E-state index contributed by atoms with van der Waals surface area (Å²) in [5, 5.41) is 63.2. The van der Waals surface area contributed by atoms with Crippen molar-refractivity contribution >= 4 is 16.7 Å². The van der Waals surface area contributed by atoms with E-state index in [4.69, 9.17) is 42.6 Å². The average molecular weight is 675 g/mol. The predicted molar refractivity (Wildman–Crippen MR) is 159 cm³/mol. The highest BCUT2D eigenvalue weighted by atomic mass is 16.8. The van der Waals surface area contributed by atoms with Crippen molar-refractivity contribution in [3.8, 4) is 39.9 Å². The first-order chi connectivity index (χ1) is 23.1. The average Bonchev–Trinajstić information content (AvgIpc) is 3.73. The molecule has 0 radical (unpaired) electrons. The lowest BCUT2D eigenvalue weighted by Crippen LogP contribution is -2.63. The molecular formula is C32H34O16. The first-order valence-corrected chi connectivity index (χ1v) is 15.1. The van der Waals surface area contributed by atoms with Crippen LogP contribution >= 0.6 is 0 Å². The summed E-state index contributed by atoms with van der Waals surface area (Å²) in [6, 6.07) is 8.56. The number of rotatable bonds is 8. The summed E-state index contributed by atoms with van der Waals surface area (Å²) in [4.78, 5) is 13.4. The maximum atomic E-state index is 13.4. The molecule has 0 aromatic heterocycles. The van der Waals surface area contributed by atoms with E-state index >= 15 is 0 Å². The zero-order valence-electron chi connectivity index (χ0n) is 25.7. The molecule has 0 amide bonds. The van der Waals surface area contributed by atoms with Crippen molar-refractivity contribution in [1.29, 1.82) is 0 Å². The summed E-state index contributed by atoms with van der Waals surface area (Å²) >= 11 is 0. The summed E-state index contributed by atoms with van der Waals surface area (Å²) in [6.45, 7) is -1.25. The Morgan fingerprint density at radius 1 is 0.812 bits per heavy atom. The molecular weight excluding hydrogens is 640 g/mol. The van der Waals surface area contributed by atoms with Crippen molar-refractivity contribution in [2.45, 2.75) is 61.9 Å². The van der Waals surface area contributed by atoms with E-state index in [-0.39, 0.29) is 31.3 Å². The third-order valence-electron chi connectivity index (χ3n) is 8.88. The van der Waals surface area contributed by atoms with Crippen molar-refractivity contribution in [2.24, 2.45) is 0 Å². The highest BCUT2D eigenvalue weighted by Crippen LogP contribution is 2.50. The fourth-order valence-electron chi connectivity index (χ4n) is 6.36. The van der Waals surface area contributed by atoms with E-state index in [2.05, 4.69) is 0 Å². The number of methoxy groups -OCH3 is 2. The Kier molecular flexibility index (Phi) is 8.69. The molecule has 7 rings (SSSR count). The second kappa shape index (κ2) is 12.8. The Hall–Kier alpha value is -3.97. The van der Waals surface area contributed by atoms with Crippen molar-refractivity contribution in [3.05, 3.63) is 41.5 Å². The number of hydrogen-bond acceptors (Lipinski definition) is 16. The first-order valence-electron chi connectivity index (χ1n) is 15.1. The minimum atomic E-state index is -1.82. The minimum absolute atomic E-state index is 0.0474. The molecule has 16 nitrogen and oxygen atoms in total. The first kappa shape index (κ1) is 32.6. The van der Waals surface area contributed by atoms with E-state index in [1.54, 1.807) is 30.3 Å². The van der Waals surface area contributed by atoms with Crippen LogP contribution in [0.15, 0.2) is 30.3 Å². The van der Waals surface area contributed by atoms with Crippen LogP contribution in [0.5, 0.6) is 28.7 Å². The lowest BCUT2D eigenvalue weighted by molar-refractivity contribution is -0.348. The topological polar surface area (TPSA) is 222 Å². The molecule has 258 valence electrons. The van der Waals surface area contributed by atoms with Crippen LogP contribution < -0.4 is 23.7 Å². The van der Waals surface area contributed by atoms with E-state index < -0.39 is 67.9 Å². The molecule has 0 unspecified atom stereocenters. The Morgan fingerprint density at radius 2 is 1.54 bits per heavy atom. The molecule has 3 aromatic carbocycles. The van der Waals surface area contributed by atoms with Gasteiger partial charge in [-0.25, -0.2) is 4.79 Å². The van der Waals surface area contributed by atoms with Crippen LogP contribution in [0.25, 0.3) is 21.9 Å². The number of aliphatic hydroxyl groups is 6. The van der Waals surface area contributed by atoms with E-state index in [9.17, 15) is 35.4 Å². The van der Waals surface area contributed by atoms with Gasteiger partial charge in [-0.2, -0.15) is 0 Å². The summed E-state index contributed by atoms with van der Waals surface area (Å²) < 4.78 is 51.3. The summed E-state index contributed by atoms with van der Waals surface area (Å²) in [5.74, 6) is 1.17. The fourth-order valence-corrected chi connectivity index (χ4v) is 6.36. The number of carbonyl (C=O) groups is 1. The van der Waals surface area contributed by atoms with Gasteiger partial charge in [-0.15, -0.1) is 0 Å². The lowest BCUT2D eigenvalue weighted by atomic mass is 9.89. The normalized spacial score (nSPS) is 31.0. The minimum Gasteiger partial charge on any atom is -0.493 e. The van der Waals surface area contributed by atoms with E-state index in [1.165, 1.54) is 14.2 Å². The van der Waals surface area contributed by atoms with E-state index in [1.807, 2.05) is 0 Å². The standard InChI is InChI=1S/C32H34O16/c1-40-18-6-13-14(7-19(18)41-2)28(15-9-42-30(39)23(15)22(13)12-3-4-17-20(5-12)45-11-44-17)47-32-29(24(35)16(34)10-43-32)48-31-27(38)26(37)25(36)21(8-33)46-31/h3-7,16,21,24-27,29,31-38H,8-11H2,1-2H3/t16-,21-,24+,25-,26+,27-,29-,31+,32+/m1/s1. The molecule has 0 saturated carbocycles. The second-order valence-corrected chi connectivity index (χ2v) is 11.6. The van der Waals surface area contributed by atoms with Gasteiger partial charge < -0.3 is 73.3 Å². The molecule has 4 aliphatic heterocycles. The number of carbonyl (C=O) groups excluding carboxylic acids is 1. The molecule has 2 saturated heterocycles. The lowest BCUT2D eigenvalue weighted by Gasteiger charge is -2.44. The largest absolute Gasteiger partial charge is 0.493 e. The van der Waals surface area contributed by atoms with Crippen LogP contribution in [0.4, 0.5) is 0 Å². The summed E-state index contributed by atoms with van der Waals surface area (Å²) in [6.07, 6.45) is -14.4. The number of cyclic esters (lactones) is 1. The highest BCUT2D eigenvalue weighted by molar-refractivity contribution is 6.14. The molecule has 3 aromatic rings. The van der Waals surface area contributed by atoms with Gasteiger partial charge in [-0.1, -0.05) is 6.07 Å². The van der Waals surface area contributed by atoms with Gasteiger partial charge in [-0.05, 0) is 35.2 Å². The fraction of sp³-hybridized carbons (Fsp3) is 0.469. The molecule has 9 atom stereocenters. The van der Waals surface area contributed by atoms with Crippen molar-refractivity contribution in [1.82, 2.24) is 0 Å². The van der Waals surface area contributed by atoms with Crippen molar-refractivity contribution in [3.63, 3.8) is 0 Å². The van der Waals surface area contributed by atoms with Gasteiger partial charge >= 0.3 is 5.97 Å². The monoisotopic (exact) mass is 674 g/mol. The third kappa shape index (κ3) is 5.35. The highest BCUT2D eigenvalue weighted by Gasteiger charge is 2.49. The van der Waals surface area contributed by atoms with Crippen molar-refractivity contribution < 1.29 is 78.1 Å². The van der Waals surface area contributed by atoms with Crippen LogP contribution in [-0.4, -0.2) is 126 Å². The van der Waals surface area contributed by atoms with Crippen LogP contribution in [0.1, 0.15) is 15.9 Å². The van der Waals surface area contributed by atoms with Gasteiger partial charge in [0.2, 0.25) is 13.1 Å². The number of aliphatic hydroxyl groups excluding tert-OH is 6. The molecule has 2 fully saturated rings. The Morgan fingerprint density at radius 3 is 2.27 bits per heavy atom. The predicted octanol–water partition coefficient (Wildman–Crippen LogP) is -0.435. The van der Waals surface area contributed by atoms with Crippen LogP contribution in [0.2, 0.25) is 0 Å². The third-order valence-corrected chi connectivity index (χ3v) is 8.88. The van der Waals surface area contributed by atoms with Gasteiger partial charge in [0, 0.05) is 16.5 Å². The molecule has 6 N–H and O–H groups in total. The quantitative estimate of drug-likeness (QED) is 0.167. The van der Waals surface area contributed by atoms with Gasteiger partial charge in [0.25, 0.3) is 0 Å². The summed E-state index contributed by atoms with van der Waals surface area (Å²) in [7, 11) is 2.92. The zero-order valence-corrected chi connectivity index (χ0v) is 25.7. The van der Waals surface area contributed by atoms with Crippen LogP contribution in [0.3, 0.4) is 0 Å². The number of hydrogen-bond donors (Lipinski definition) is 6. The number of ether oxygens (including phenoxy) is 9. The summed E-state index contributed by atoms with van der Waals surface area (Å²) in [5.41, 5.74) is 1.62. The number of benzene rings is 3. The van der Waals surface area contributed by atoms with Gasteiger partial charge in [-0.3, -0.25) is 0 Å². The van der Waals surface area contributed by atoms with Crippen molar-refractivity contribution in [2.75, 3.05) is 34.2 Å². The van der Waals surface area contributed by atoms with Gasteiger partial charge in [0.15, 0.2) is 35.4 Å². The van der Waals surface area contributed by atoms with Gasteiger partial charge in [0.05, 0.1) is 33.0 Å². The molecule has 4 heterocycles. The molecule has 0 aliphatic carbocycles. The van der Waals surface area contributed by atoms with Crippen LogP contribution in [0, 0.1) is 0 Å². The molecule has 4 aliphatic rings. The second-order valence-electron chi connectivity index (χ2n) is 11.6. The zero-order chi connectivity index (χ0) is 33.9. The Bertz CT molecular complexity index is 1710. The van der Waals surface area contributed by atoms with E-state index in [0.29, 0.717) is 50.5 Å². The number of esters is 1. The molecule has 48 heavy (non-hydrogen) atoms. The molecule has 0 spiro atoms. The van der Waals surface area contributed by atoms with E-state index in [0.717, 1.165) is 0 Å². The molecule has 16 heteroatoms. The molecule has 0 bridgehead atoms. The number of fused-ring (bicyclic) bond motifs is 3. The smallest absolute Gasteiger partial charge is 0.339 e. The SMILES string of the molecule is COc1cc2c(O[C@@H]3OC[C@@H](O)[C@H](O)[C@H]3O[C@@H]3O[C@H](CO)[C@@H](O)[C@H](O)[C@H]3O)c3c(c(-c4ccc5c(c4)OCO5)c2cc1OC)C(=O)OC3. The Balaban J connectivity index is 1.35. The Labute approximate surface area is 272 Å². The maximum Gasteiger partial charge on any atom is 0.339 e. The maximum absolute atomic E-state index is 13.4.